The van der Waals surface area contributed by atoms with Crippen molar-refractivity contribution in [3.63, 3.8) is 0 Å². The topological polar surface area (TPSA) is 75.5 Å². The molecule has 0 saturated carbocycles. The Kier molecular flexibility index (Phi) is 7.80. The van der Waals surface area contributed by atoms with Crippen LogP contribution >= 0.6 is 11.6 Å². The molecule has 4 aromatic rings. The van der Waals surface area contributed by atoms with Crippen LogP contribution in [0.1, 0.15) is 35.3 Å². The molecule has 0 saturated heterocycles. The molecule has 1 atom stereocenters. The number of para-hydroxylation sites is 1. The van der Waals surface area contributed by atoms with Crippen molar-refractivity contribution in [3.8, 4) is 0 Å². The standard InChI is InChI=1S/C28H26ClFN4O2/c1-18(2)26(32-27(35)23-8-3-5-9-24(23)29)28(36)33-31-15-20-17-34(25-10-6-4-7-22(20)25)16-19-11-13-21(30)14-12-19/h3-15,17-18,26H,16H2,1-2H3,(H,32,35)(H,33,36)/b31-15-. The van der Waals surface area contributed by atoms with Gasteiger partial charge in [-0.3, -0.25) is 9.59 Å². The third-order valence-corrected chi connectivity index (χ3v) is 6.15. The molecular formula is C28H26ClFN4O2. The average Bonchev–Trinajstić information content (AvgIpc) is 3.21. The van der Waals surface area contributed by atoms with Crippen LogP contribution in [0.25, 0.3) is 10.9 Å². The Hall–Kier alpha value is -3.97. The predicted octanol–water partition coefficient (Wildman–Crippen LogP) is 5.39. The summed E-state index contributed by atoms with van der Waals surface area (Å²) in [5, 5.41) is 8.18. The molecule has 1 aromatic heterocycles. The van der Waals surface area contributed by atoms with Gasteiger partial charge in [0, 0.05) is 29.2 Å². The number of carbonyl (C=O) groups excluding carboxylic acids is 2. The summed E-state index contributed by atoms with van der Waals surface area (Å²) in [5.74, 6) is -1.31. The van der Waals surface area contributed by atoms with Gasteiger partial charge in [-0.25, -0.2) is 9.82 Å². The number of hydrazone groups is 1. The molecule has 2 N–H and O–H groups in total. The summed E-state index contributed by atoms with van der Waals surface area (Å²) in [4.78, 5) is 25.5. The van der Waals surface area contributed by atoms with Crippen LogP contribution in [-0.2, 0) is 11.3 Å². The first-order valence-electron chi connectivity index (χ1n) is 11.5. The monoisotopic (exact) mass is 504 g/mol. The number of nitrogens with one attached hydrogen (secondary N) is 2. The van der Waals surface area contributed by atoms with Crippen molar-refractivity contribution in [2.45, 2.75) is 26.4 Å². The van der Waals surface area contributed by atoms with Crippen LogP contribution in [0.2, 0.25) is 5.02 Å². The molecule has 4 rings (SSSR count). The average molecular weight is 505 g/mol. The normalized spacial score (nSPS) is 12.2. The van der Waals surface area contributed by atoms with E-state index in [0.29, 0.717) is 17.1 Å². The Labute approximate surface area is 213 Å². The second-order valence-electron chi connectivity index (χ2n) is 8.77. The van der Waals surface area contributed by atoms with E-state index in [4.69, 9.17) is 11.6 Å². The van der Waals surface area contributed by atoms with E-state index in [2.05, 4.69) is 15.8 Å². The zero-order valence-electron chi connectivity index (χ0n) is 19.9. The maximum atomic E-state index is 13.3. The van der Waals surface area contributed by atoms with Gasteiger partial charge in [0.05, 0.1) is 16.8 Å². The molecule has 0 spiro atoms. The molecule has 3 aromatic carbocycles. The van der Waals surface area contributed by atoms with Gasteiger partial charge in [0.25, 0.3) is 11.8 Å². The van der Waals surface area contributed by atoms with Gasteiger partial charge in [-0.1, -0.05) is 67.9 Å². The number of aromatic nitrogens is 1. The number of carbonyl (C=O) groups is 2. The largest absolute Gasteiger partial charge is 0.342 e. The number of hydrogen-bond acceptors (Lipinski definition) is 3. The minimum absolute atomic E-state index is 0.177. The summed E-state index contributed by atoms with van der Waals surface area (Å²) in [6.07, 6.45) is 3.51. The maximum absolute atomic E-state index is 13.3. The summed E-state index contributed by atoms with van der Waals surface area (Å²) < 4.78 is 15.3. The van der Waals surface area contributed by atoms with Gasteiger partial charge in [0.1, 0.15) is 11.9 Å². The molecule has 0 aliphatic rings. The molecule has 8 heteroatoms. The van der Waals surface area contributed by atoms with Crippen LogP contribution < -0.4 is 10.7 Å². The fraction of sp³-hybridized carbons (Fsp3) is 0.179. The van der Waals surface area contributed by atoms with Gasteiger partial charge < -0.3 is 9.88 Å². The lowest BCUT2D eigenvalue weighted by molar-refractivity contribution is -0.123. The summed E-state index contributed by atoms with van der Waals surface area (Å²) in [7, 11) is 0. The van der Waals surface area contributed by atoms with Crippen molar-refractivity contribution in [1.82, 2.24) is 15.3 Å². The van der Waals surface area contributed by atoms with E-state index in [1.165, 1.54) is 12.1 Å². The fourth-order valence-electron chi connectivity index (χ4n) is 3.93. The van der Waals surface area contributed by atoms with Gasteiger partial charge in [-0.2, -0.15) is 5.10 Å². The predicted molar refractivity (Wildman–Crippen MR) is 141 cm³/mol. The first-order valence-corrected chi connectivity index (χ1v) is 11.9. The number of halogens is 2. The van der Waals surface area contributed by atoms with Gasteiger partial charge in [0.2, 0.25) is 0 Å². The minimum atomic E-state index is -0.800. The number of amides is 2. The number of hydrogen-bond donors (Lipinski definition) is 2. The van der Waals surface area contributed by atoms with Crippen LogP contribution in [0.5, 0.6) is 0 Å². The van der Waals surface area contributed by atoms with Gasteiger partial charge in [-0.05, 0) is 41.8 Å². The van der Waals surface area contributed by atoms with Crippen LogP contribution in [-0.4, -0.2) is 28.6 Å². The summed E-state index contributed by atoms with van der Waals surface area (Å²) in [6.45, 7) is 4.23. The van der Waals surface area contributed by atoms with E-state index in [0.717, 1.165) is 22.0 Å². The molecule has 6 nitrogen and oxygen atoms in total. The molecule has 0 aliphatic carbocycles. The lowest BCUT2D eigenvalue weighted by Crippen LogP contribution is -2.48. The summed E-state index contributed by atoms with van der Waals surface area (Å²) in [6, 6.07) is 20.1. The van der Waals surface area contributed by atoms with Gasteiger partial charge in [0.15, 0.2) is 0 Å². The molecular weight excluding hydrogens is 479 g/mol. The SMILES string of the molecule is CC(C)C(NC(=O)c1ccccc1Cl)C(=O)N/N=C\c1cn(Cc2ccc(F)cc2)c2ccccc12. The molecule has 2 amide bonds. The molecule has 1 unspecified atom stereocenters. The van der Waals surface area contributed by atoms with E-state index in [1.807, 2.05) is 48.9 Å². The summed E-state index contributed by atoms with van der Waals surface area (Å²) >= 11 is 6.12. The highest BCUT2D eigenvalue weighted by molar-refractivity contribution is 6.33. The van der Waals surface area contributed by atoms with Crippen molar-refractivity contribution >= 4 is 40.5 Å². The van der Waals surface area contributed by atoms with Crippen molar-refractivity contribution in [2.75, 3.05) is 0 Å². The van der Waals surface area contributed by atoms with Crippen molar-refractivity contribution in [1.29, 1.82) is 0 Å². The molecule has 0 aliphatic heterocycles. The smallest absolute Gasteiger partial charge is 0.262 e. The Morgan fingerprint density at radius 3 is 2.44 bits per heavy atom. The van der Waals surface area contributed by atoms with Crippen molar-refractivity contribution < 1.29 is 14.0 Å². The zero-order valence-corrected chi connectivity index (χ0v) is 20.7. The lowest BCUT2D eigenvalue weighted by Gasteiger charge is -2.20. The Balaban J connectivity index is 1.49. The maximum Gasteiger partial charge on any atom is 0.262 e. The van der Waals surface area contributed by atoms with Crippen molar-refractivity contribution in [3.05, 3.63) is 107 Å². The van der Waals surface area contributed by atoms with Gasteiger partial charge in [-0.15, -0.1) is 0 Å². The molecule has 0 radical (unpaired) electrons. The molecule has 0 fully saturated rings. The van der Waals surface area contributed by atoms with Crippen molar-refractivity contribution in [2.24, 2.45) is 11.0 Å². The van der Waals surface area contributed by atoms with Gasteiger partial charge >= 0.3 is 0 Å². The Morgan fingerprint density at radius 1 is 1.03 bits per heavy atom. The molecule has 1 heterocycles. The quantitative estimate of drug-likeness (QED) is 0.249. The number of benzene rings is 3. The van der Waals surface area contributed by atoms with Crippen LogP contribution in [0.15, 0.2) is 84.1 Å². The van der Waals surface area contributed by atoms with Crippen LogP contribution in [0, 0.1) is 11.7 Å². The second-order valence-corrected chi connectivity index (χ2v) is 9.17. The molecule has 184 valence electrons. The number of nitrogens with zero attached hydrogens (tertiary/aromatic N) is 2. The third-order valence-electron chi connectivity index (χ3n) is 5.82. The highest BCUT2D eigenvalue weighted by Gasteiger charge is 2.25. The Bertz CT molecular complexity index is 1410. The van der Waals surface area contributed by atoms with E-state index in [9.17, 15) is 14.0 Å². The van der Waals surface area contributed by atoms with E-state index in [1.54, 1.807) is 42.6 Å². The molecule has 0 bridgehead atoms. The first kappa shape index (κ1) is 25.1. The second kappa shape index (κ2) is 11.2. The van der Waals surface area contributed by atoms with Crippen LogP contribution in [0.4, 0.5) is 4.39 Å². The molecule has 36 heavy (non-hydrogen) atoms. The van der Waals surface area contributed by atoms with Crippen LogP contribution in [0.3, 0.4) is 0 Å². The Morgan fingerprint density at radius 2 is 1.72 bits per heavy atom. The van der Waals surface area contributed by atoms with E-state index < -0.39 is 17.9 Å². The lowest BCUT2D eigenvalue weighted by atomic mass is 10.0. The first-order chi connectivity index (χ1) is 17.3. The number of fused-ring (bicyclic) bond motifs is 1. The summed E-state index contributed by atoms with van der Waals surface area (Å²) in [5.41, 5.74) is 5.61. The van der Waals surface area contributed by atoms with E-state index >= 15 is 0 Å². The fourth-order valence-corrected chi connectivity index (χ4v) is 4.15. The highest BCUT2D eigenvalue weighted by atomic mass is 35.5. The highest BCUT2D eigenvalue weighted by Crippen LogP contribution is 2.21. The third kappa shape index (κ3) is 5.80. The zero-order chi connectivity index (χ0) is 25.7. The number of rotatable bonds is 8. The minimum Gasteiger partial charge on any atom is -0.342 e. The van der Waals surface area contributed by atoms with E-state index in [-0.39, 0.29) is 11.7 Å².